The zero-order chi connectivity index (χ0) is 43.3. The molecule has 0 amide bonds. The van der Waals surface area contributed by atoms with Gasteiger partial charge in [0.05, 0.1) is 12.7 Å². The third-order valence-electron chi connectivity index (χ3n) is 8.52. The Kier molecular flexibility index (Phi) is 16.0. The molecule has 0 unspecified atom stereocenters. The molecule has 1 rings (SSSR count). The smallest absolute Gasteiger partial charge is 0.460 e. The zero-order valence-electron chi connectivity index (χ0n) is 29.2. The summed E-state index contributed by atoms with van der Waals surface area (Å²) in [7, 11) is -3.94. The number of aliphatic hydroxyl groups is 1. The second-order valence-corrected chi connectivity index (χ2v) is 17.8. The molecule has 0 aliphatic rings. The number of alkyl halides is 17. The number of aliphatic hydroxyl groups excluding tert-OH is 1. The fourth-order valence-corrected chi connectivity index (χ4v) is 9.62. The molecule has 0 bridgehead atoms. The maximum Gasteiger partial charge on any atom is 0.460 e. The summed E-state index contributed by atoms with van der Waals surface area (Å²) in [5, 5.41) is 10.3. The lowest BCUT2D eigenvalue weighted by Gasteiger charge is -2.44. The largest absolute Gasteiger partial charge is 0.491 e. The van der Waals surface area contributed by atoms with Gasteiger partial charge in [0.1, 0.15) is 19.0 Å². The predicted molar refractivity (Wildman–Crippen MR) is 164 cm³/mol. The summed E-state index contributed by atoms with van der Waals surface area (Å²) in [5.74, 6) is -57.2. The van der Waals surface area contributed by atoms with Crippen molar-refractivity contribution in [2.45, 2.75) is 111 Å². The van der Waals surface area contributed by atoms with Crippen molar-refractivity contribution in [3.05, 3.63) is 54.6 Å². The summed E-state index contributed by atoms with van der Waals surface area (Å²) in [5.41, 5.74) is -1.34. The van der Waals surface area contributed by atoms with E-state index in [9.17, 15) is 84.5 Å². The third-order valence-corrected chi connectivity index (χ3v) is 14.2. The molecule has 0 aromatic heterocycles. The van der Waals surface area contributed by atoms with Gasteiger partial charge in [-0.1, -0.05) is 58.6 Å². The molecular formula is C32H37F17O5Si. The number of ether oxygens (including phenoxy) is 2. The average Bonchev–Trinajstić information content (AvgIpc) is 3.05. The van der Waals surface area contributed by atoms with E-state index in [1.165, 1.54) is 64.1 Å². The van der Waals surface area contributed by atoms with E-state index in [2.05, 4.69) is 6.58 Å². The normalized spacial score (nSPS) is 15.2. The summed E-state index contributed by atoms with van der Waals surface area (Å²) in [6.07, 6.45) is -7.65. The molecule has 1 aromatic rings. The Labute approximate surface area is 304 Å². The topological polar surface area (TPSA) is 65.0 Å². The van der Waals surface area contributed by atoms with Crippen LogP contribution in [0.15, 0.2) is 49.1 Å². The summed E-state index contributed by atoms with van der Waals surface area (Å²) < 4.78 is 250. The standard InChI is InChI=1S/C32H37F17O5Si/c1-6-15-53-24(51)9-7-8-23(50)21-10-12-22(13-11-21)52-16-17-54-55(19(2)3,20(4)5)18-14-25(33,34)26(35,36)27(37,38)28(39,40)29(41,42)30(43,44)31(45,46)32(47,48)49/h6-7,9-13,19-20,23,50H,1,8,14-18H2,2-5H3/b9-7+/t23-/m1/s1. The molecule has 0 aliphatic carbocycles. The van der Waals surface area contributed by atoms with Gasteiger partial charge in [-0.05, 0) is 41.2 Å². The van der Waals surface area contributed by atoms with Crippen LogP contribution in [0.3, 0.4) is 0 Å². The van der Waals surface area contributed by atoms with Gasteiger partial charge in [-0.25, -0.2) is 4.79 Å². The van der Waals surface area contributed by atoms with Gasteiger partial charge in [0.15, 0.2) is 8.32 Å². The Hall–Kier alpha value is -3.08. The highest BCUT2D eigenvalue weighted by Gasteiger charge is 2.95. The first-order chi connectivity index (χ1) is 24.7. The van der Waals surface area contributed by atoms with Crippen LogP contribution in [0.5, 0.6) is 5.75 Å². The lowest BCUT2D eigenvalue weighted by atomic mass is 9.88. The monoisotopic (exact) mass is 852 g/mol. The Morgan fingerprint density at radius 1 is 0.727 bits per heavy atom. The maximum atomic E-state index is 14.8. The van der Waals surface area contributed by atoms with Gasteiger partial charge < -0.3 is 19.0 Å². The van der Waals surface area contributed by atoms with Crippen molar-refractivity contribution in [1.82, 2.24) is 0 Å². The van der Waals surface area contributed by atoms with Crippen LogP contribution in [-0.2, 0) is 14.0 Å². The maximum absolute atomic E-state index is 14.8. The number of esters is 1. The minimum absolute atomic E-state index is 0.00267. The summed E-state index contributed by atoms with van der Waals surface area (Å²) >= 11 is 0. The second-order valence-electron chi connectivity index (χ2n) is 12.8. The van der Waals surface area contributed by atoms with E-state index in [-0.39, 0.29) is 25.4 Å². The third kappa shape index (κ3) is 9.90. The molecule has 5 nitrogen and oxygen atoms in total. The molecule has 0 fully saturated rings. The van der Waals surface area contributed by atoms with Crippen molar-refractivity contribution in [3.8, 4) is 5.75 Å². The van der Waals surface area contributed by atoms with Crippen LogP contribution in [0, 0.1) is 0 Å². The molecule has 0 saturated carbocycles. The quantitative estimate of drug-likeness (QED) is 0.0314. The van der Waals surface area contributed by atoms with E-state index in [1.807, 2.05) is 0 Å². The lowest BCUT2D eigenvalue weighted by Crippen LogP contribution is -2.74. The number of rotatable bonds is 22. The molecule has 1 aromatic carbocycles. The number of benzene rings is 1. The molecule has 23 heteroatoms. The van der Waals surface area contributed by atoms with Crippen LogP contribution in [0.2, 0.25) is 17.1 Å². The summed E-state index contributed by atoms with van der Waals surface area (Å²) in [4.78, 5) is 11.5. The van der Waals surface area contributed by atoms with Crippen LogP contribution in [0.25, 0.3) is 0 Å². The minimum atomic E-state index is -8.68. The fourth-order valence-electron chi connectivity index (χ4n) is 5.15. The van der Waals surface area contributed by atoms with Crippen LogP contribution in [0.4, 0.5) is 74.6 Å². The molecule has 1 N–H and O–H groups in total. The first-order valence-corrected chi connectivity index (χ1v) is 18.1. The van der Waals surface area contributed by atoms with Gasteiger partial charge in [-0.15, -0.1) is 0 Å². The van der Waals surface area contributed by atoms with Gasteiger partial charge in [-0.2, -0.15) is 74.6 Å². The Morgan fingerprint density at radius 3 is 1.62 bits per heavy atom. The minimum Gasteiger partial charge on any atom is -0.491 e. The number of carbonyl (C=O) groups excluding carboxylic acids is 1. The van der Waals surface area contributed by atoms with Gasteiger partial charge in [-0.3, -0.25) is 0 Å². The highest BCUT2D eigenvalue weighted by molar-refractivity contribution is 6.76. The van der Waals surface area contributed by atoms with E-state index >= 15 is 0 Å². The van der Waals surface area contributed by atoms with E-state index in [0.717, 1.165) is 6.08 Å². The molecule has 0 radical (unpaired) electrons. The van der Waals surface area contributed by atoms with E-state index < -0.39 is 98.2 Å². The second kappa shape index (κ2) is 17.6. The van der Waals surface area contributed by atoms with Gasteiger partial charge in [0.25, 0.3) is 0 Å². The SMILES string of the molecule is C=CCOC(=O)/C=C/C[C@@H](O)c1ccc(OCCO[Si](CCC(F)(F)C(F)(F)C(F)(F)C(F)(F)C(F)(F)C(F)(F)C(F)(F)C(F)(F)F)(C(C)C)C(C)C)cc1. The predicted octanol–water partition coefficient (Wildman–Crippen LogP) is 11.0. The molecule has 0 spiro atoms. The van der Waals surface area contributed by atoms with Crippen molar-refractivity contribution in [2.24, 2.45) is 0 Å². The van der Waals surface area contributed by atoms with Gasteiger partial charge in [0.2, 0.25) is 0 Å². The number of hydrogen-bond donors (Lipinski definition) is 1. The van der Waals surface area contributed by atoms with Crippen LogP contribution in [-0.4, -0.2) is 86.8 Å². The molecule has 55 heavy (non-hydrogen) atoms. The van der Waals surface area contributed by atoms with E-state index in [0.29, 0.717) is 5.56 Å². The highest BCUT2D eigenvalue weighted by Crippen LogP contribution is 2.64. The highest BCUT2D eigenvalue weighted by atomic mass is 28.4. The van der Waals surface area contributed by atoms with Gasteiger partial charge >= 0.3 is 53.6 Å². The Balaban J connectivity index is 3.17. The average molecular weight is 853 g/mol. The molecule has 0 aliphatic heterocycles. The summed E-state index contributed by atoms with van der Waals surface area (Å²) in [6, 6.07) is 4.29. The van der Waals surface area contributed by atoms with Crippen molar-refractivity contribution in [2.75, 3.05) is 19.8 Å². The molecule has 0 heterocycles. The number of carbonyl (C=O) groups is 1. The Morgan fingerprint density at radius 2 is 1.18 bits per heavy atom. The fraction of sp³-hybridized carbons (Fsp3) is 0.656. The van der Waals surface area contributed by atoms with Crippen LogP contribution in [0.1, 0.15) is 52.2 Å². The van der Waals surface area contributed by atoms with Crippen LogP contribution >= 0.6 is 0 Å². The van der Waals surface area contributed by atoms with Crippen molar-refractivity contribution in [1.29, 1.82) is 0 Å². The van der Waals surface area contributed by atoms with E-state index in [4.69, 9.17) is 13.9 Å². The van der Waals surface area contributed by atoms with Crippen LogP contribution < -0.4 is 4.74 Å². The van der Waals surface area contributed by atoms with Crippen molar-refractivity contribution >= 4 is 14.3 Å². The lowest BCUT2D eigenvalue weighted by molar-refractivity contribution is -0.461. The molecular weight excluding hydrogens is 815 g/mol. The molecule has 0 saturated heterocycles. The van der Waals surface area contributed by atoms with Gasteiger partial charge in [0, 0.05) is 12.5 Å². The molecule has 1 atom stereocenters. The summed E-state index contributed by atoms with van der Waals surface area (Å²) in [6.45, 7) is 7.75. The first kappa shape index (κ1) is 49.9. The first-order valence-electron chi connectivity index (χ1n) is 15.9. The Bertz CT molecular complexity index is 1440. The zero-order valence-corrected chi connectivity index (χ0v) is 30.2. The molecule has 318 valence electrons. The van der Waals surface area contributed by atoms with Crippen molar-refractivity contribution in [3.63, 3.8) is 0 Å². The number of hydrogen-bond acceptors (Lipinski definition) is 5. The number of halogens is 17. The van der Waals surface area contributed by atoms with E-state index in [1.54, 1.807) is 0 Å². The van der Waals surface area contributed by atoms with Crippen molar-refractivity contribution < 1.29 is 98.4 Å².